The van der Waals surface area contributed by atoms with Gasteiger partial charge in [0, 0.05) is 26.4 Å². The Kier molecular flexibility index (Phi) is 5.97. The highest BCUT2D eigenvalue weighted by molar-refractivity contribution is 5.84. The van der Waals surface area contributed by atoms with Gasteiger partial charge in [-0.15, -0.1) is 0 Å². The van der Waals surface area contributed by atoms with Gasteiger partial charge in [0.05, 0.1) is 25.8 Å². The van der Waals surface area contributed by atoms with Crippen LogP contribution in [0.15, 0.2) is 18.3 Å². The number of carbonyl (C=O) groups excluding carboxylic acids is 2. The number of amides is 3. The number of aromatic nitrogens is 1. The molecule has 0 aromatic carbocycles. The molecule has 1 aliphatic rings. The maximum Gasteiger partial charge on any atom is 0.317 e. The highest BCUT2D eigenvalue weighted by Gasteiger charge is 2.35. The van der Waals surface area contributed by atoms with E-state index in [-0.39, 0.29) is 36.5 Å². The number of aliphatic hydroxyl groups excluding tert-OH is 1. The van der Waals surface area contributed by atoms with Crippen molar-refractivity contribution in [3.63, 3.8) is 0 Å². The lowest BCUT2D eigenvalue weighted by Gasteiger charge is -2.38. The van der Waals surface area contributed by atoms with Gasteiger partial charge in [-0.2, -0.15) is 0 Å². The number of nitrogens with one attached hydrogen (secondary N) is 2. The van der Waals surface area contributed by atoms with E-state index in [1.54, 1.807) is 26.4 Å². The topological polar surface area (TPSA) is 104 Å². The number of hydrogen-bond donors (Lipinski definition) is 3. The average Bonchev–Trinajstić information content (AvgIpc) is 2.55. The summed E-state index contributed by atoms with van der Waals surface area (Å²) in [6.45, 7) is -0.105. The van der Waals surface area contributed by atoms with Crippen molar-refractivity contribution in [1.29, 1.82) is 0 Å². The Labute approximate surface area is 141 Å². The zero-order valence-corrected chi connectivity index (χ0v) is 14.2. The molecule has 8 heteroatoms. The molecule has 1 heterocycles. The molecule has 132 valence electrons. The minimum absolute atomic E-state index is 0.105. The summed E-state index contributed by atoms with van der Waals surface area (Å²) in [6, 6.07) is 3.00. The van der Waals surface area contributed by atoms with Crippen molar-refractivity contribution in [3.8, 4) is 5.88 Å². The normalized spacial score (nSPS) is 20.5. The number of methoxy groups -OCH3 is 1. The molecule has 2 rings (SSSR count). The lowest BCUT2D eigenvalue weighted by atomic mass is 9.75. The van der Waals surface area contributed by atoms with Gasteiger partial charge in [0.15, 0.2) is 0 Å². The summed E-state index contributed by atoms with van der Waals surface area (Å²) in [5.41, 5.74) is 0.847. The number of rotatable bonds is 6. The molecule has 1 aromatic rings. The second-order valence-electron chi connectivity index (χ2n) is 6.12. The van der Waals surface area contributed by atoms with Crippen LogP contribution in [0.1, 0.15) is 24.4 Å². The first-order valence-corrected chi connectivity index (χ1v) is 7.83. The molecule has 1 atom stereocenters. The molecule has 1 aromatic heterocycles. The molecular formula is C16H24N4O4. The maximum absolute atomic E-state index is 12.2. The standard InChI is InChI=1S/C16H24N4O4/c1-20(2)16(23)18-9-13(22)19-15(11-6-12(21)7-11)10-4-5-14(24-3)17-8-10/h4-5,8,11-12,15,21H,6-7,9H2,1-3H3,(H,18,23)(H,19,22). The second-order valence-corrected chi connectivity index (χ2v) is 6.12. The highest BCUT2D eigenvalue weighted by atomic mass is 16.5. The van der Waals surface area contributed by atoms with Crippen molar-refractivity contribution < 1.29 is 19.4 Å². The molecule has 1 aliphatic carbocycles. The van der Waals surface area contributed by atoms with E-state index in [9.17, 15) is 14.7 Å². The Bertz CT molecular complexity index is 570. The van der Waals surface area contributed by atoms with Crippen LogP contribution in [-0.4, -0.2) is 60.8 Å². The van der Waals surface area contributed by atoms with Crippen molar-refractivity contribution >= 4 is 11.9 Å². The first kappa shape index (κ1) is 18.0. The third-order valence-electron chi connectivity index (χ3n) is 4.07. The van der Waals surface area contributed by atoms with Crippen molar-refractivity contribution in [3.05, 3.63) is 23.9 Å². The highest BCUT2D eigenvalue weighted by Crippen LogP contribution is 2.38. The summed E-state index contributed by atoms with van der Waals surface area (Å²) in [6.07, 6.45) is 2.59. The maximum atomic E-state index is 12.2. The monoisotopic (exact) mass is 336 g/mol. The summed E-state index contributed by atoms with van der Waals surface area (Å²) in [7, 11) is 4.75. The van der Waals surface area contributed by atoms with Gasteiger partial charge >= 0.3 is 6.03 Å². The van der Waals surface area contributed by atoms with Gasteiger partial charge in [-0.1, -0.05) is 6.07 Å². The molecule has 1 fully saturated rings. The van der Waals surface area contributed by atoms with E-state index in [1.165, 1.54) is 12.0 Å². The van der Waals surface area contributed by atoms with Crippen molar-refractivity contribution in [2.45, 2.75) is 25.0 Å². The van der Waals surface area contributed by atoms with Crippen LogP contribution in [0.2, 0.25) is 0 Å². The van der Waals surface area contributed by atoms with Crippen LogP contribution < -0.4 is 15.4 Å². The van der Waals surface area contributed by atoms with Crippen molar-refractivity contribution in [2.24, 2.45) is 5.92 Å². The smallest absolute Gasteiger partial charge is 0.317 e. The van der Waals surface area contributed by atoms with Crippen LogP contribution >= 0.6 is 0 Å². The minimum atomic E-state index is -0.327. The quantitative estimate of drug-likeness (QED) is 0.693. The third-order valence-corrected chi connectivity index (χ3v) is 4.07. The lowest BCUT2D eigenvalue weighted by molar-refractivity contribution is -0.122. The summed E-state index contributed by atoms with van der Waals surface area (Å²) in [5, 5.41) is 15.0. The number of ether oxygens (including phenoxy) is 1. The van der Waals surface area contributed by atoms with Gasteiger partial charge in [0.1, 0.15) is 0 Å². The van der Waals surface area contributed by atoms with E-state index >= 15 is 0 Å². The van der Waals surface area contributed by atoms with Gasteiger partial charge in [-0.3, -0.25) is 4.79 Å². The van der Waals surface area contributed by atoms with E-state index in [4.69, 9.17) is 4.74 Å². The number of hydrogen-bond acceptors (Lipinski definition) is 5. The summed E-state index contributed by atoms with van der Waals surface area (Å²) in [5.74, 6) is 0.354. The Balaban J connectivity index is 2.00. The SMILES string of the molecule is COc1ccc(C(NC(=O)CNC(=O)N(C)C)C2CC(O)C2)cn1. The third kappa shape index (κ3) is 4.58. The van der Waals surface area contributed by atoms with Crippen LogP contribution in [0.25, 0.3) is 0 Å². The molecule has 24 heavy (non-hydrogen) atoms. The molecule has 3 amide bonds. The van der Waals surface area contributed by atoms with Crippen molar-refractivity contribution in [1.82, 2.24) is 20.5 Å². The summed E-state index contributed by atoms with van der Waals surface area (Å²) in [4.78, 5) is 29.2. The van der Waals surface area contributed by atoms with E-state index in [0.29, 0.717) is 18.7 Å². The number of nitrogens with zero attached hydrogens (tertiary/aromatic N) is 2. The Morgan fingerprint density at radius 2 is 2.12 bits per heavy atom. The van der Waals surface area contributed by atoms with Gasteiger partial charge in [-0.25, -0.2) is 9.78 Å². The average molecular weight is 336 g/mol. The van der Waals surface area contributed by atoms with Gasteiger partial charge in [0.25, 0.3) is 0 Å². The fraction of sp³-hybridized carbons (Fsp3) is 0.562. The van der Waals surface area contributed by atoms with Gasteiger partial charge < -0.3 is 25.4 Å². The molecular weight excluding hydrogens is 312 g/mol. The summed E-state index contributed by atoms with van der Waals surface area (Å²) >= 11 is 0. The first-order chi connectivity index (χ1) is 11.4. The van der Waals surface area contributed by atoms with E-state index < -0.39 is 0 Å². The van der Waals surface area contributed by atoms with Crippen LogP contribution in [0, 0.1) is 5.92 Å². The van der Waals surface area contributed by atoms with Gasteiger partial charge in [0.2, 0.25) is 11.8 Å². The van der Waals surface area contributed by atoms with Crippen LogP contribution in [-0.2, 0) is 4.79 Å². The molecule has 0 bridgehead atoms. The van der Waals surface area contributed by atoms with Crippen LogP contribution in [0.4, 0.5) is 4.79 Å². The second kappa shape index (κ2) is 7.96. The zero-order valence-electron chi connectivity index (χ0n) is 14.2. The molecule has 3 N–H and O–H groups in total. The molecule has 1 unspecified atom stereocenters. The molecule has 8 nitrogen and oxygen atoms in total. The molecule has 0 radical (unpaired) electrons. The fourth-order valence-corrected chi connectivity index (χ4v) is 2.61. The molecule has 0 aliphatic heterocycles. The molecule has 0 saturated heterocycles. The largest absolute Gasteiger partial charge is 0.481 e. The van der Waals surface area contributed by atoms with E-state index in [1.807, 2.05) is 6.07 Å². The fourth-order valence-electron chi connectivity index (χ4n) is 2.61. The Hall–Kier alpha value is -2.35. The summed E-state index contributed by atoms with van der Waals surface area (Å²) < 4.78 is 5.04. The van der Waals surface area contributed by atoms with Crippen molar-refractivity contribution in [2.75, 3.05) is 27.7 Å². The molecule has 1 saturated carbocycles. The number of pyridine rings is 1. The van der Waals surface area contributed by atoms with E-state index in [2.05, 4.69) is 15.6 Å². The van der Waals surface area contributed by atoms with Crippen LogP contribution in [0.3, 0.4) is 0 Å². The minimum Gasteiger partial charge on any atom is -0.481 e. The predicted octanol–water partition coefficient (Wildman–Crippen LogP) is 0.290. The zero-order chi connectivity index (χ0) is 17.7. The van der Waals surface area contributed by atoms with Gasteiger partial charge in [-0.05, 0) is 24.3 Å². The number of urea groups is 1. The molecule has 0 spiro atoms. The number of aliphatic hydroxyl groups is 1. The Morgan fingerprint density at radius 3 is 2.62 bits per heavy atom. The Morgan fingerprint density at radius 1 is 1.42 bits per heavy atom. The number of carbonyl (C=O) groups is 2. The van der Waals surface area contributed by atoms with E-state index in [0.717, 1.165) is 5.56 Å². The first-order valence-electron chi connectivity index (χ1n) is 7.83. The predicted molar refractivity (Wildman–Crippen MR) is 87.5 cm³/mol. The van der Waals surface area contributed by atoms with Crippen LogP contribution in [0.5, 0.6) is 5.88 Å². The lowest BCUT2D eigenvalue weighted by Crippen LogP contribution is -2.46.